The van der Waals surface area contributed by atoms with Gasteiger partial charge in [-0.1, -0.05) is 44.2 Å². The molecule has 1 amide bonds. The maximum Gasteiger partial charge on any atom is 0.412 e. The minimum absolute atomic E-state index is 0.139. The Labute approximate surface area is 141 Å². The summed E-state index contributed by atoms with van der Waals surface area (Å²) in [5, 5.41) is 2.71. The number of carbonyl (C=O) groups excluding carboxylic acids is 1. The standard InChI is InChI=1S/C19H21N3O2/c1-14(2)12-22-17-11-7-6-10-16(17)21-18(22)13-24-19(23)20-15-8-4-3-5-9-15/h3-11,14H,12-13H2,1-2H3,(H,20,23). The molecule has 0 bridgehead atoms. The highest BCUT2D eigenvalue weighted by Crippen LogP contribution is 2.18. The van der Waals surface area contributed by atoms with Crippen molar-refractivity contribution in [3.05, 3.63) is 60.4 Å². The van der Waals surface area contributed by atoms with Gasteiger partial charge in [-0.05, 0) is 30.2 Å². The third kappa shape index (κ3) is 3.74. The van der Waals surface area contributed by atoms with E-state index in [2.05, 4.69) is 28.7 Å². The molecule has 1 heterocycles. The molecular weight excluding hydrogens is 302 g/mol. The monoisotopic (exact) mass is 323 g/mol. The maximum atomic E-state index is 12.0. The van der Waals surface area contributed by atoms with E-state index in [9.17, 15) is 4.79 Å². The lowest BCUT2D eigenvalue weighted by Gasteiger charge is -2.12. The van der Waals surface area contributed by atoms with Crippen LogP contribution in [-0.4, -0.2) is 15.6 Å². The number of nitrogens with one attached hydrogen (secondary N) is 1. The second-order valence-corrected chi connectivity index (χ2v) is 6.09. The van der Waals surface area contributed by atoms with Crippen LogP contribution in [0.2, 0.25) is 0 Å². The lowest BCUT2D eigenvalue weighted by Crippen LogP contribution is -2.16. The van der Waals surface area contributed by atoms with Gasteiger partial charge in [-0.3, -0.25) is 5.32 Å². The molecular formula is C19H21N3O2. The zero-order valence-corrected chi connectivity index (χ0v) is 13.9. The molecule has 5 heteroatoms. The van der Waals surface area contributed by atoms with Crippen molar-refractivity contribution in [3.8, 4) is 0 Å². The van der Waals surface area contributed by atoms with E-state index < -0.39 is 6.09 Å². The van der Waals surface area contributed by atoms with Crippen molar-refractivity contribution >= 4 is 22.8 Å². The first-order chi connectivity index (χ1) is 11.6. The number of nitrogens with zero attached hydrogens (tertiary/aromatic N) is 2. The number of rotatable bonds is 5. The lowest BCUT2D eigenvalue weighted by atomic mass is 10.2. The number of amides is 1. The number of benzene rings is 2. The van der Waals surface area contributed by atoms with Crippen molar-refractivity contribution in [2.75, 3.05) is 5.32 Å². The number of fused-ring (bicyclic) bond motifs is 1. The molecule has 3 rings (SSSR count). The first-order valence-electron chi connectivity index (χ1n) is 8.06. The summed E-state index contributed by atoms with van der Waals surface area (Å²) >= 11 is 0. The van der Waals surface area contributed by atoms with Crippen LogP contribution in [0.4, 0.5) is 10.5 Å². The molecule has 2 aromatic carbocycles. The molecule has 0 fully saturated rings. The van der Waals surface area contributed by atoms with Gasteiger partial charge < -0.3 is 9.30 Å². The van der Waals surface area contributed by atoms with Gasteiger partial charge >= 0.3 is 6.09 Å². The Morgan fingerprint density at radius 3 is 2.58 bits per heavy atom. The fourth-order valence-corrected chi connectivity index (χ4v) is 2.61. The van der Waals surface area contributed by atoms with E-state index in [1.54, 1.807) is 0 Å². The zero-order chi connectivity index (χ0) is 16.9. The van der Waals surface area contributed by atoms with Gasteiger partial charge in [-0.25, -0.2) is 9.78 Å². The molecule has 0 atom stereocenters. The van der Waals surface area contributed by atoms with Gasteiger partial charge in [-0.2, -0.15) is 0 Å². The summed E-state index contributed by atoms with van der Waals surface area (Å²) in [6, 6.07) is 17.2. The summed E-state index contributed by atoms with van der Waals surface area (Å²) < 4.78 is 7.47. The van der Waals surface area contributed by atoms with Crippen LogP contribution >= 0.6 is 0 Å². The Morgan fingerprint density at radius 1 is 1.12 bits per heavy atom. The van der Waals surface area contributed by atoms with E-state index >= 15 is 0 Å². The molecule has 5 nitrogen and oxygen atoms in total. The summed E-state index contributed by atoms with van der Waals surface area (Å²) in [4.78, 5) is 16.6. The topological polar surface area (TPSA) is 56.1 Å². The van der Waals surface area contributed by atoms with Crippen LogP contribution in [0.5, 0.6) is 0 Å². The van der Waals surface area contributed by atoms with E-state index in [0.29, 0.717) is 11.6 Å². The molecule has 1 aromatic heterocycles. The lowest BCUT2D eigenvalue weighted by molar-refractivity contribution is 0.150. The Kier molecular flexibility index (Phi) is 4.79. The van der Waals surface area contributed by atoms with Crippen molar-refractivity contribution in [2.45, 2.75) is 27.0 Å². The van der Waals surface area contributed by atoms with Crippen molar-refractivity contribution in [1.29, 1.82) is 0 Å². The van der Waals surface area contributed by atoms with Gasteiger partial charge in [0.1, 0.15) is 5.82 Å². The van der Waals surface area contributed by atoms with Gasteiger partial charge in [0.05, 0.1) is 11.0 Å². The fourth-order valence-electron chi connectivity index (χ4n) is 2.61. The van der Waals surface area contributed by atoms with Gasteiger partial charge in [0.25, 0.3) is 0 Å². The Morgan fingerprint density at radius 2 is 1.83 bits per heavy atom. The molecule has 0 aliphatic heterocycles. The third-order valence-electron chi connectivity index (χ3n) is 3.63. The van der Waals surface area contributed by atoms with Crippen molar-refractivity contribution in [2.24, 2.45) is 5.92 Å². The second-order valence-electron chi connectivity index (χ2n) is 6.09. The van der Waals surface area contributed by atoms with Crippen LogP contribution in [0, 0.1) is 5.92 Å². The Bertz CT molecular complexity index is 825. The van der Waals surface area contributed by atoms with Crippen LogP contribution in [0.1, 0.15) is 19.7 Å². The highest BCUT2D eigenvalue weighted by atomic mass is 16.5. The van der Waals surface area contributed by atoms with Gasteiger partial charge in [0.15, 0.2) is 6.61 Å². The molecule has 0 saturated heterocycles. The molecule has 0 spiro atoms. The minimum atomic E-state index is -0.482. The molecule has 0 aliphatic rings. The predicted octanol–water partition coefficient (Wildman–Crippen LogP) is 4.44. The molecule has 0 radical (unpaired) electrons. The number of para-hydroxylation sites is 3. The number of hydrogen-bond donors (Lipinski definition) is 1. The maximum absolute atomic E-state index is 12.0. The van der Waals surface area contributed by atoms with Crippen LogP contribution in [0.3, 0.4) is 0 Å². The van der Waals surface area contributed by atoms with E-state index in [1.807, 2.05) is 54.6 Å². The average molecular weight is 323 g/mol. The average Bonchev–Trinajstić information content (AvgIpc) is 2.91. The number of hydrogen-bond acceptors (Lipinski definition) is 3. The minimum Gasteiger partial charge on any atom is -0.441 e. The highest BCUT2D eigenvalue weighted by molar-refractivity contribution is 5.84. The summed E-state index contributed by atoms with van der Waals surface area (Å²) in [7, 11) is 0. The van der Waals surface area contributed by atoms with E-state index in [4.69, 9.17) is 4.74 Å². The largest absolute Gasteiger partial charge is 0.441 e. The smallest absolute Gasteiger partial charge is 0.412 e. The summed E-state index contributed by atoms with van der Waals surface area (Å²) in [6.07, 6.45) is -0.482. The summed E-state index contributed by atoms with van der Waals surface area (Å²) in [6.45, 7) is 5.28. The molecule has 1 N–H and O–H groups in total. The highest BCUT2D eigenvalue weighted by Gasteiger charge is 2.13. The van der Waals surface area contributed by atoms with E-state index in [1.165, 1.54) is 0 Å². The number of imidazole rings is 1. The number of aromatic nitrogens is 2. The molecule has 0 aliphatic carbocycles. The van der Waals surface area contributed by atoms with Crippen LogP contribution < -0.4 is 5.32 Å². The molecule has 0 saturated carbocycles. The van der Waals surface area contributed by atoms with Gasteiger partial charge in [0, 0.05) is 12.2 Å². The second kappa shape index (κ2) is 7.17. The quantitative estimate of drug-likeness (QED) is 0.755. The first-order valence-corrected chi connectivity index (χ1v) is 8.06. The van der Waals surface area contributed by atoms with Crippen molar-refractivity contribution < 1.29 is 9.53 Å². The molecule has 3 aromatic rings. The van der Waals surface area contributed by atoms with E-state index in [0.717, 1.165) is 23.4 Å². The van der Waals surface area contributed by atoms with Crippen LogP contribution in [-0.2, 0) is 17.9 Å². The van der Waals surface area contributed by atoms with Crippen LogP contribution in [0.15, 0.2) is 54.6 Å². The third-order valence-corrected chi connectivity index (χ3v) is 3.63. The molecule has 124 valence electrons. The van der Waals surface area contributed by atoms with Gasteiger partial charge in [0.2, 0.25) is 0 Å². The molecule has 0 unspecified atom stereocenters. The first kappa shape index (κ1) is 16.1. The van der Waals surface area contributed by atoms with E-state index in [-0.39, 0.29) is 6.61 Å². The van der Waals surface area contributed by atoms with Gasteiger partial charge in [-0.15, -0.1) is 0 Å². The Hall–Kier alpha value is -2.82. The van der Waals surface area contributed by atoms with Crippen LogP contribution in [0.25, 0.3) is 11.0 Å². The fraction of sp³-hybridized carbons (Fsp3) is 0.263. The predicted molar refractivity (Wildman–Crippen MR) is 94.8 cm³/mol. The normalized spacial score (nSPS) is 11.0. The van der Waals surface area contributed by atoms with Crippen molar-refractivity contribution in [1.82, 2.24) is 9.55 Å². The summed E-state index contributed by atoms with van der Waals surface area (Å²) in [5.74, 6) is 1.23. The molecule has 24 heavy (non-hydrogen) atoms. The SMILES string of the molecule is CC(C)Cn1c(COC(=O)Nc2ccccc2)nc2ccccc21. The zero-order valence-electron chi connectivity index (χ0n) is 13.9. The Balaban J connectivity index is 1.73. The number of anilines is 1. The van der Waals surface area contributed by atoms with Crippen molar-refractivity contribution in [3.63, 3.8) is 0 Å². The number of carbonyl (C=O) groups is 1. The number of ether oxygens (including phenoxy) is 1. The summed E-state index contributed by atoms with van der Waals surface area (Å²) in [5.41, 5.74) is 2.69.